The number of amides is 1. The number of hydrogen-bond acceptors (Lipinski definition) is 6. The van der Waals surface area contributed by atoms with Gasteiger partial charge in [0.25, 0.3) is 5.91 Å². The number of nitrogens with zero attached hydrogens (tertiary/aromatic N) is 2. The van der Waals surface area contributed by atoms with Gasteiger partial charge in [-0.05, 0) is 61.9 Å². The van der Waals surface area contributed by atoms with Gasteiger partial charge in [0.05, 0.1) is 17.5 Å². The van der Waals surface area contributed by atoms with E-state index in [4.69, 9.17) is 9.47 Å². The second kappa shape index (κ2) is 9.17. The van der Waals surface area contributed by atoms with Crippen LogP contribution in [-0.2, 0) is 26.2 Å². The molecule has 2 aromatic rings. The summed E-state index contributed by atoms with van der Waals surface area (Å²) in [6.45, 7) is 8.87. The van der Waals surface area contributed by atoms with Crippen molar-refractivity contribution < 1.29 is 24.2 Å². The van der Waals surface area contributed by atoms with Gasteiger partial charge in [0.1, 0.15) is 11.7 Å². The number of likely N-dealkylation sites (N-methyl/N-ethyl adjacent to an activating group) is 1. The minimum atomic E-state index is -0.843. The van der Waals surface area contributed by atoms with Crippen molar-refractivity contribution in [2.24, 2.45) is 0 Å². The van der Waals surface area contributed by atoms with Crippen LogP contribution >= 0.6 is 0 Å². The molecule has 0 unspecified atom stereocenters. The van der Waals surface area contributed by atoms with Gasteiger partial charge in [-0.2, -0.15) is 0 Å². The Balaban J connectivity index is 1.44. The summed E-state index contributed by atoms with van der Waals surface area (Å²) in [6, 6.07) is 11.0. The van der Waals surface area contributed by atoms with Crippen LogP contribution in [0.4, 0.5) is 0 Å². The molecule has 1 spiro atoms. The van der Waals surface area contributed by atoms with Gasteiger partial charge in [0, 0.05) is 44.1 Å². The summed E-state index contributed by atoms with van der Waals surface area (Å²) in [5.41, 5.74) is 2.38. The van der Waals surface area contributed by atoms with Gasteiger partial charge in [0.2, 0.25) is 0 Å². The summed E-state index contributed by atoms with van der Waals surface area (Å²) in [4.78, 5) is 30.1. The number of ether oxygens (including phenoxy) is 2. The number of phenols is 1. The van der Waals surface area contributed by atoms with E-state index < -0.39 is 17.1 Å². The molecule has 5 atom stereocenters. The molecule has 2 aliphatic heterocycles. The van der Waals surface area contributed by atoms with E-state index in [9.17, 15) is 14.7 Å². The second-order valence-corrected chi connectivity index (χ2v) is 11.3. The SMILES string of the molecule is C=CCN1CC[C@]23c4c5ccc(O)c4O[C@H]2[C@@H](N(C)C(=O)C#Cc2cccc(C)c2)CC[C@@]3(OC(C)=O)[C@H]1C5. The third kappa shape index (κ3) is 3.61. The Morgan fingerprint density at radius 1 is 1.31 bits per heavy atom. The number of rotatable bonds is 4. The number of benzene rings is 2. The van der Waals surface area contributed by atoms with Crippen molar-refractivity contribution in [3.8, 4) is 23.3 Å². The highest BCUT2D eigenvalue weighted by Crippen LogP contribution is 2.67. The quantitative estimate of drug-likeness (QED) is 0.373. The average molecular weight is 527 g/mol. The summed E-state index contributed by atoms with van der Waals surface area (Å²) in [7, 11) is 1.77. The molecule has 39 heavy (non-hydrogen) atoms. The van der Waals surface area contributed by atoms with Gasteiger partial charge in [-0.25, -0.2) is 0 Å². The molecule has 2 aliphatic carbocycles. The molecule has 2 bridgehead atoms. The van der Waals surface area contributed by atoms with Gasteiger partial charge in [-0.3, -0.25) is 14.5 Å². The number of esters is 1. The lowest BCUT2D eigenvalue weighted by molar-refractivity contribution is -0.222. The summed E-state index contributed by atoms with van der Waals surface area (Å²) < 4.78 is 13.1. The number of phenolic OH excluding ortho intramolecular Hbond substituents is 1. The van der Waals surface area contributed by atoms with Crippen molar-refractivity contribution >= 4 is 11.9 Å². The number of likely N-dealkylation sites (tertiary alicyclic amines) is 1. The molecule has 0 aromatic heterocycles. The Labute approximate surface area is 229 Å². The highest BCUT2D eigenvalue weighted by atomic mass is 16.6. The smallest absolute Gasteiger partial charge is 0.303 e. The van der Waals surface area contributed by atoms with Crippen LogP contribution in [0, 0.1) is 18.8 Å². The third-order valence-electron chi connectivity index (χ3n) is 9.34. The molecule has 2 heterocycles. The zero-order valence-corrected chi connectivity index (χ0v) is 22.7. The van der Waals surface area contributed by atoms with E-state index >= 15 is 0 Å². The van der Waals surface area contributed by atoms with Gasteiger partial charge >= 0.3 is 5.97 Å². The zero-order chi connectivity index (χ0) is 27.5. The molecule has 1 saturated heterocycles. The topological polar surface area (TPSA) is 79.3 Å². The maximum Gasteiger partial charge on any atom is 0.303 e. The second-order valence-electron chi connectivity index (χ2n) is 11.3. The molecule has 1 saturated carbocycles. The molecule has 7 nitrogen and oxygen atoms in total. The number of carbonyl (C=O) groups excluding carboxylic acids is 2. The number of aromatic hydroxyl groups is 1. The number of aryl methyl sites for hydroxylation is 1. The number of hydrogen-bond donors (Lipinski definition) is 1. The van der Waals surface area contributed by atoms with Crippen molar-refractivity contribution in [1.29, 1.82) is 0 Å². The Kier molecular flexibility index (Phi) is 6.00. The van der Waals surface area contributed by atoms with Gasteiger partial charge < -0.3 is 19.5 Å². The van der Waals surface area contributed by atoms with E-state index in [1.54, 1.807) is 18.0 Å². The zero-order valence-electron chi connectivity index (χ0n) is 22.7. The van der Waals surface area contributed by atoms with Crippen molar-refractivity contribution in [2.75, 3.05) is 20.1 Å². The van der Waals surface area contributed by atoms with Crippen molar-refractivity contribution in [1.82, 2.24) is 9.80 Å². The van der Waals surface area contributed by atoms with E-state index in [1.807, 2.05) is 43.3 Å². The van der Waals surface area contributed by atoms with Crippen LogP contribution in [0.1, 0.15) is 48.4 Å². The average Bonchev–Trinajstić information content (AvgIpc) is 3.25. The predicted molar refractivity (Wildman–Crippen MR) is 146 cm³/mol. The largest absolute Gasteiger partial charge is 0.504 e. The van der Waals surface area contributed by atoms with E-state index in [1.165, 1.54) is 6.92 Å². The van der Waals surface area contributed by atoms with Crippen molar-refractivity contribution in [3.05, 3.63) is 71.3 Å². The Morgan fingerprint density at radius 2 is 2.13 bits per heavy atom. The molecule has 4 aliphatic rings. The van der Waals surface area contributed by atoms with E-state index in [-0.39, 0.29) is 29.7 Å². The molecule has 2 aromatic carbocycles. The van der Waals surface area contributed by atoms with Crippen LogP contribution in [0.2, 0.25) is 0 Å². The first kappa shape index (κ1) is 25.5. The monoisotopic (exact) mass is 526 g/mol. The Hall–Kier alpha value is -3.76. The Bertz CT molecular complexity index is 1440. The van der Waals surface area contributed by atoms with Crippen LogP contribution in [0.15, 0.2) is 49.1 Å². The molecule has 1 N–H and O–H groups in total. The highest BCUT2D eigenvalue weighted by Gasteiger charge is 2.75. The van der Waals surface area contributed by atoms with Gasteiger partial charge in [0.15, 0.2) is 11.5 Å². The Morgan fingerprint density at radius 3 is 2.87 bits per heavy atom. The molecule has 1 amide bonds. The first-order valence-electron chi connectivity index (χ1n) is 13.6. The standard InChI is InChI=1S/C32H34N2O5/c1-5-16-34-17-15-31-28-23-10-11-25(36)29(28)38-30(31)24(13-14-32(31,26(34)19-23)39-21(3)35)33(4)27(37)12-9-22-8-6-7-20(2)18-22/h5-8,10-11,18,24,26,30,36H,1,13-17,19H2,2-4H3/t24-,26+,30-,31-,32+/m0/s1. The first-order valence-corrected chi connectivity index (χ1v) is 13.6. The fraction of sp³-hybridized carbons (Fsp3) is 0.438. The lowest BCUT2D eigenvalue weighted by Gasteiger charge is -2.65. The lowest BCUT2D eigenvalue weighted by Crippen LogP contribution is -2.79. The molecule has 7 heteroatoms. The van der Waals surface area contributed by atoms with Crippen LogP contribution in [0.25, 0.3) is 0 Å². The highest BCUT2D eigenvalue weighted by molar-refractivity contribution is 5.94. The first-order chi connectivity index (χ1) is 18.7. The predicted octanol–water partition coefficient (Wildman–Crippen LogP) is 3.49. The van der Waals surface area contributed by atoms with Crippen LogP contribution in [0.3, 0.4) is 0 Å². The maximum atomic E-state index is 13.4. The van der Waals surface area contributed by atoms with Crippen molar-refractivity contribution in [3.63, 3.8) is 0 Å². The summed E-state index contributed by atoms with van der Waals surface area (Å²) in [6.07, 6.45) is 3.92. The minimum Gasteiger partial charge on any atom is -0.504 e. The normalized spacial score (nSPS) is 29.8. The van der Waals surface area contributed by atoms with E-state index in [0.29, 0.717) is 38.0 Å². The maximum absolute atomic E-state index is 13.4. The molecular weight excluding hydrogens is 492 g/mol. The fourth-order valence-electron chi connectivity index (χ4n) is 7.91. The number of piperidine rings is 1. The van der Waals surface area contributed by atoms with Crippen LogP contribution < -0.4 is 4.74 Å². The summed E-state index contributed by atoms with van der Waals surface area (Å²) in [5, 5.41) is 10.9. The van der Waals surface area contributed by atoms with E-state index in [2.05, 4.69) is 23.3 Å². The molecular formula is C32H34N2O5. The van der Waals surface area contributed by atoms with Crippen molar-refractivity contribution in [2.45, 2.75) is 68.7 Å². The number of carbonyl (C=O) groups is 2. The molecule has 0 radical (unpaired) electrons. The third-order valence-corrected chi connectivity index (χ3v) is 9.34. The summed E-state index contributed by atoms with van der Waals surface area (Å²) in [5.74, 6) is 5.74. The van der Waals surface area contributed by atoms with Gasteiger partial charge in [-0.15, -0.1) is 6.58 Å². The van der Waals surface area contributed by atoms with E-state index in [0.717, 1.165) is 28.8 Å². The van der Waals surface area contributed by atoms with Gasteiger partial charge in [-0.1, -0.05) is 30.2 Å². The minimum absolute atomic E-state index is 0.0645. The molecule has 202 valence electrons. The molecule has 6 rings (SSSR count). The molecule has 2 fully saturated rings. The fourth-order valence-corrected chi connectivity index (χ4v) is 7.91. The lowest BCUT2D eigenvalue weighted by atomic mass is 9.48. The summed E-state index contributed by atoms with van der Waals surface area (Å²) >= 11 is 0. The van der Waals surface area contributed by atoms with Crippen LogP contribution in [-0.4, -0.2) is 70.7 Å². The van der Waals surface area contributed by atoms with Crippen LogP contribution in [0.5, 0.6) is 11.5 Å².